The summed E-state index contributed by atoms with van der Waals surface area (Å²) in [5.74, 6) is 2.66. The Balaban J connectivity index is 0.00000192. The summed E-state index contributed by atoms with van der Waals surface area (Å²) in [5.41, 5.74) is 2.24. The van der Waals surface area contributed by atoms with Crippen molar-refractivity contribution < 1.29 is 17.9 Å². The Labute approximate surface area is 144 Å². The van der Waals surface area contributed by atoms with Crippen molar-refractivity contribution in [1.82, 2.24) is 5.32 Å². The Hall–Kier alpha value is -0.980. The number of hydrogen-bond donors (Lipinski definition) is 1. The number of benzene rings is 1. The molecule has 0 amide bonds. The predicted octanol–water partition coefficient (Wildman–Crippen LogP) is 1.96. The summed E-state index contributed by atoms with van der Waals surface area (Å²) in [6.07, 6.45) is 1.89. The molecule has 1 fully saturated rings. The second-order valence-electron chi connectivity index (χ2n) is 6.30. The van der Waals surface area contributed by atoms with E-state index in [1.807, 2.05) is 6.07 Å². The highest BCUT2D eigenvalue weighted by Gasteiger charge is 2.27. The molecule has 1 aromatic rings. The van der Waals surface area contributed by atoms with Gasteiger partial charge in [-0.05, 0) is 37.9 Å². The molecule has 3 rings (SSSR count). The molecule has 2 aliphatic rings. The van der Waals surface area contributed by atoms with Gasteiger partial charge in [0, 0.05) is 24.1 Å². The number of fused-ring (bicyclic) bond motifs is 1. The third-order valence-electron chi connectivity index (χ3n) is 4.37. The van der Waals surface area contributed by atoms with Crippen LogP contribution in [-0.2, 0) is 22.8 Å². The molecule has 0 bridgehead atoms. The van der Waals surface area contributed by atoms with E-state index in [2.05, 4.69) is 18.3 Å². The van der Waals surface area contributed by atoms with Gasteiger partial charge in [-0.15, -0.1) is 12.4 Å². The largest absolute Gasteiger partial charge is 0.496 e. The zero-order valence-electron chi connectivity index (χ0n) is 13.5. The van der Waals surface area contributed by atoms with Crippen LogP contribution < -0.4 is 14.8 Å². The number of rotatable bonds is 5. The zero-order chi connectivity index (χ0) is 15.7. The van der Waals surface area contributed by atoms with Gasteiger partial charge in [-0.2, -0.15) is 0 Å². The summed E-state index contributed by atoms with van der Waals surface area (Å²) >= 11 is 0. The average molecular weight is 362 g/mol. The number of ether oxygens (including phenoxy) is 2. The molecule has 23 heavy (non-hydrogen) atoms. The first-order valence-corrected chi connectivity index (χ1v) is 9.56. The smallest absolute Gasteiger partial charge is 0.150 e. The lowest BCUT2D eigenvalue weighted by atomic mass is 10.1. The van der Waals surface area contributed by atoms with Crippen molar-refractivity contribution in [2.75, 3.05) is 25.2 Å². The Morgan fingerprint density at radius 2 is 2.17 bits per heavy atom. The standard InChI is InChI=1S/C16H23NO4S.ClH/c1-11-5-13-6-15(20-2)14(7-16(13)21-11)9-17-8-12-3-4-22(18,19)10-12;/h6-7,11-12,17H,3-5,8-10H2,1-2H3;1H. The van der Waals surface area contributed by atoms with Crippen molar-refractivity contribution in [2.45, 2.75) is 32.4 Å². The molecule has 5 nitrogen and oxygen atoms in total. The van der Waals surface area contributed by atoms with Gasteiger partial charge in [-0.1, -0.05) is 0 Å². The average Bonchev–Trinajstić information content (AvgIpc) is 2.98. The van der Waals surface area contributed by atoms with E-state index in [1.165, 1.54) is 5.56 Å². The molecule has 2 aliphatic heterocycles. The SMILES string of the molecule is COc1cc2c(cc1CNCC1CCS(=O)(=O)C1)OC(C)C2.Cl. The van der Waals surface area contributed by atoms with E-state index in [9.17, 15) is 8.42 Å². The fourth-order valence-corrected chi connectivity index (χ4v) is 5.12. The molecular formula is C16H24ClNO4S. The first-order chi connectivity index (χ1) is 10.5. The van der Waals surface area contributed by atoms with E-state index >= 15 is 0 Å². The van der Waals surface area contributed by atoms with Gasteiger partial charge >= 0.3 is 0 Å². The molecule has 0 saturated carbocycles. The lowest BCUT2D eigenvalue weighted by Crippen LogP contribution is -2.23. The van der Waals surface area contributed by atoms with Crippen molar-refractivity contribution in [3.8, 4) is 11.5 Å². The normalized spacial score (nSPS) is 24.6. The van der Waals surface area contributed by atoms with Gasteiger partial charge in [0.2, 0.25) is 0 Å². The van der Waals surface area contributed by atoms with Crippen LogP contribution in [0.25, 0.3) is 0 Å². The quantitative estimate of drug-likeness (QED) is 0.868. The first-order valence-electron chi connectivity index (χ1n) is 7.74. The number of methoxy groups -OCH3 is 1. The van der Waals surface area contributed by atoms with Crippen LogP contribution >= 0.6 is 12.4 Å². The zero-order valence-corrected chi connectivity index (χ0v) is 15.1. The van der Waals surface area contributed by atoms with Crippen molar-refractivity contribution in [2.24, 2.45) is 5.92 Å². The van der Waals surface area contributed by atoms with Crippen molar-refractivity contribution >= 4 is 22.2 Å². The maximum Gasteiger partial charge on any atom is 0.150 e. The fourth-order valence-electron chi connectivity index (χ4n) is 3.25. The first kappa shape index (κ1) is 18.4. The van der Waals surface area contributed by atoms with E-state index in [1.54, 1.807) is 7.11 Å². The molecule has 0 aromatic heterocycles. The van der Waals surface area contributed by atoms with Gasteiger partial charge < -0.3 is 14.8 Å². The summed E-state index contributed by atoms with van der Waals surface area (Å²) < 4.78 is 34.2. The molecule has 2 atom stereocenters. The van der Waals surface area contributed by atoms with Crippen LogP contribution in [0.2, 0.25) is 0 Å². The summed E-state index contributed by atoms with van der Waals surface area (Å²) in [6.45, 7) is 3.44. The van der Waals surface area contributed by atoms with E-state index < -0.39 is 9.84 Å². The van der Waals surface area contributed by atoms with Crippen LogP contribution in [0.15, 0.2) is 12.1 Å². The molecule has 1 aromatic carbocycles. The molecule has 1 saturated heterocycles. The van der Waals surface area contributed by atoms with E-state index in [-0.39, 0.29) is 24.4 Å². The highest BCUT2D eigenvalue weighted by atomic mass is 35.5. The summed E-state index contributed by atoms with van der Waals surface area (Å²) in [7, 11) is -1.13. The number of hydrogen-bond acceptors (Lipinski definition) is 5. The third-order valence-corrected chi connectivity index (χ3v) is 6.21. The van der Waals surface area contributed by atoms with Crippen molar-refractivity contribution in [3.05, 3.63) is 23.3 Å². The van der Waals surface area contributed by atoms with Gasteiger partial charge in [-0.25, -0.2) is 8.42 Å². The van der Waals surface area contributed by atoms with Crippen LogP contribution in [0.5, 0.6) is 11.5 Å². The molecule has 130 valence electrons. The second kappa shape index (κ2) is 7.28. The molecule has 1 N–H and O–H groups in total. The van der Waals surface area contributed by atoms with Gasteiger partial charge in [0.25, 0.3) is 0 Å². The minimum absolute atomic E-state index is 0. The Morgan fingerprint density at radius 1 is 1.39 bits per heavy atom. The Bertz CT molecular complexity index is 662. The maximum atomic E-state index is 11.5. The number of nitrogens with one attached hydrogen (secondary N) is 1. The summed E-state index contributed by atoms with van der Waals surface area (Å²) in [6, 6.07) is 4.09. The lowest BCUT2D eigenvalue weighted by molar-refractivity contribution is 0.254. The summed E-state index contributed by atoms with van der Waals surface area (Å²) in [5, 5.41) is 3.36. The van der Waals surface area contributed by atoms with Crippen LogP contribution in [-0.4, -0.2) is 39.7 Å². The van der Waals surface area contributed by atoms with E-state index in [4.69, 9.17) is 9.47 Å². The van der Waals surface area contributed by atoms with Crippen LogP contribution in [0.3, 0.4) is 0 Å². The van der Waals surface area contributed by atoms with Gasteiger partial charge in [0.1, 0.15) is 17.6 Å². The Morgan fingerprint density at radius 3 is 2.83 bits per heavy atom. The summed E-state index contributed by atoms with van der Waals surface area (Å²) in [4.78, 5) is 0. The molecule has 0 radical (unpaired) electrons. The molecule has 7 heteroatoms. The highest BCUT2D eigenvalue weighted by molar-refractivity contribution is 7.91. The Kier molecular flexibility index (Phi) is 5.81. The van der Waals surface area contributed by atoms with Crippen molar-refractivity contribution in [1.29, 1.82) is 0 Å². The third kappa shape index (κ3) is 4.31. The molecule has 0 aliphatic carbocycles. The topological polar surface area (TPSA) is 64.6 Å². The van der Waals surface area contributed by atoms with Gasteiger partial charge in [0.15, 0.2) is 9.84 Å². The predicted molar refractivity (Wildman–Crippen MR) is 92.5 cm³/mol. The molecule has 2 heterocycles. The molecule has 0 spiro atoms. The van der Waals surface area contributed by atoms with Gasteiger partial charge in [-0.3, -0.25) is 0 Å². The van der Waals surface area contributed by atoms with Crippen LogP contribution in [0.1, 0.15) is 24.5 Å². The maximum absolute atomic E-state index is 11.5. The van der Waals surface area contributed by atoms with Crippen molar-refractivity contribution in [3.63, 3.8) is 0 Å². The monoisotopic (exact) mass is 361 g/mol. The minimum Gasteiger partial charge on any atom is -0.496 e. The van der Waals surface area contributed by atoms with Gasteiger partial charge in [0.05, 0.1) is 18.6 Å². The second-order valence-corrected chi connectivity index (χ2v) is 8.53. The fraction of sp³-hybridized carbons (Fsp3) is 0.625. The van der Waals surface area contributed by atoms with E-state index in [0.717, 1.165) is 36.4 Å². The minimum atomic E-state index is -2.80. The lowest BCUT2D eigenvalue weighted by Gasteiger charge is -2.13. The number of sulfone groups is 1. The van der Waals surface area contributed by atoms with Crippen LogP contribution in [0.4, 0.5) is 0 Å². The molecular weight excluding hydrogens is 338 g/mol. The molecule has 2 unspecified atom stereocenters. The van der Waals surface area contributed by atoms with Crippen LogP contribution in [0, 0.1) is 5.92 Å². The van der Waals surface area contributed by atoms with E-state index in [0.29, 0.717) is 18.1 Å². The number of halogens is 1. The highest BCUT2D eigenvalue weighted by Crippen LogP contribution is 2.35.